The van der Waals surface area contributed by atoms with Crippen molar-refractivity contribution in [1.82, 2.24) is 0 Å². The number of hydrogen-bond acceptors (Lipinski definition) is 5. The largest absolute Gasteiger partial charge is 0.303 e. The Balaban J connectivity index is 3.40. The molecule has 1 aromatic rings. The third-order valence-electron chi connectivity index (χ3n) is 1.81. The summed E-state index contributed by atoms with van der Waals surface area (Å²) in [5.74, 6) is 0. The van der Waals surface area contributed by atoms with Gasteiger partial charge >= 0.3 is 0 Å². The van der Waals surface area contributed by atoms with Crippen LogP contribution in [0.1, 0.15) is 5.56 Å². The maximum atomic E-state index is 10.5. The number of nitro benzene ring substituents is 2. The van der Waals surface area contributed by atoms with Crippen LogP contribution in [0, 0.1) is 20.2 Å². The van der Waals surface area contributed by atoms with Gasteiger partial charge in [-0.3, -0.25) is 20.2 Å². The molecule has 0 amide bonds. The molecule has 0 aromatic heterocycles. The van der Waals surface area contributed by atoms with Crippen LogP contribution in [0.4, 0.5) is 11.4 Å². The van der Waals surface area contributed by atoms with Crippen LogP contribution in [0.2, 0.25) is 0 Å². The van der Waals surface area contributed by atoms with E-state index in [9.17, 15) is 25.0 Å². The predicted molar refractivity (Wildman–Crippen MR) is 49.5 cm³/mol. The molecule has 0 spiro atoms. The lowest BCUT2D eigenvalue weighted by atomic mass is 10.1. The molecule has 0 radical (unpaired) electrons. The van der Waals surface area contributed by atoms with E-state index in [4.69, 9.17) is 0 Å². The van der Waals surface area contributed by atoms with Gasteiger partial charge < -0.3 is 4.79 Å². The van der Waals surface area contributed by atoms with Crippen molar-refractivity contribution in [3.05, 3.63) is 44.0 Å². The molecule has 7 nitrogen and oxygen atoms in total. The van der Waals surface area contributed by atoms with Gasteiger partial charge in [0.05, 0.1) is 9.85 Å². The lowest BCUT2D eigenvalue weighted by Gasteiger charge is -1.99. The fraction of sp³-hybridized carbons (Fsp3) is 0.125. The molecule has 0 aliphatic rings. The van der Waals surface area contributed by atoms with E-state index >= 15 is 0 Å². The fourth-order valence-electron chi connectivity index (χ4n) is 1.20. The zero-order valence-electron chi connectivity index (χ0n) is 7.45. The highest BCUT2D eigenvalue weighted by Crippen LogP contribution is 2.27. The molecule has 1 rings (SSSR count). The highest BCUT2D eigenvalue weighted by atomic mass is 16.6. The average Bonchev–Trinajstić information content (AvgIpc) is 2.17. The smallest absolute Gasteiger partial charge is 0.279 e. The fourth-order valence-corrected chi connectivity index (χ4v) is 1.20. The van der Waals surface area contributed by atoms with E-state index in [2.05, 4.69) is 0 Å². The number of aldehydes is 1. The van der Waals surface area contributed by atoms with E-state index in [0.29, 0.717) is 6.29 Å². The first kappa shape index (κ1) is 10.8. The highest BCUT2D eigenvalue weighted by Gasteiger charge is 2.23. The van der Waals surface area contributed by atoms with Crippen molar-refractivity contribution in [3.8, 4) is 0 Å². The second-order valence-electron chi connectivity index (χ2n) is 2.66. The van der Waals surface area contributed by atoms with E-state index in [-0.39, 0.29) is 12.0 Å². The normalized spacial score (nSPS) is 9.60. The van der Waals surface area contributed by atoms with Gasteiger partial charge in [0.1, 0.15) is 11.8 Å². The number of hydrogen-bond donors (Lipinski definition) is 0. The molecule has 0 saturated carbocycles. The van der Waals surface area contributed by atoms with E-state index in [1.54, 1.807) is 0 Å². The number of carbonyl (C=O) groups is 1. The van der Waals surface area contributed by atoms with Gasteiger partial charge in [-0.25, -0.2) is 0 Å². The summed E-state index contributed by atoms with van der Waals surface area (Å²) in [5.41, 5.74) is -0.977. The molecule has 0 heterocycles. The van der Waals surface area contributed by atoms with Gasteiger partial charge in [-0.15, -0.1) is 0 Å². The third kappa shape index (κ3) is 2.13. The van der Waals surface area contributed by atoms with Crippen LogP contribution in [0.3, 0.4) is 0 Å². The number of nitrogens with zero attached hydrogens (tertiary/aromatic N) is 2. The molecule has 0 bridgehead atoms. The molecule has 1 aromatic carbocycles. The minimum atomic E-state index is -0.744. The van der Waals surface area contributed by atoms with Crippen LogP contribution < -0.4 is 0 Å². The Kier molecular flexibility index (Phi) is 3.06. The first-order chi connectivity index (χ1) is 7.07. The first-order valence-corrected chi connectivity index (χ1v) is 3.92. The number of carbonyl (C=O) groups excluding carboxylic acids is 1. The summed E-state index contributed by atoms with van der Waals surface area (Å²) in [6, 6.07) is 3.47. The molecule has 78 valence electrons. The molecule has 0 N–H and O–H groups in total. The molecular formula is C8H6N2O5. The van der Waals surface area contributed by atoms with Crippen molar-refractivity contribution < 1.29 is 14.6 Å². The Hall–Kier alpha value is -2.31. The first-order valence-electron chi connectivity index (χ1n) is 3.92. The zero-order valence-corrected chi connectivity index (χ0v) is 7.45. The quantitative estimate of drug-likeness (QED) is 0.422. The molecule has 0 aliphatic carbocycles. The molecule has 0 saturated heterocycles. The summed E-state index contributed by atoms with van der Waals surface area (Å²) in [6.07, 6.45) is 0.0583. The molecule has 0 aliphatic heterocycles. The Labute approximate surface area is 83.6 Å². The number of benzene rings is 1. The lowest BCUT2D eigenvalue weighted by molar-refractivity contribution is -0.395. The van der Waals surface area contributed by atoms with Gasteiger partial charge in [0.15, 0.2) is 0 Å². The minimum Gasteiger partial charge on any atom is -0.303 e. The van der Waals surface area contributed by atoms with E-state index in [1.807, 2.05) is 0 Å². The van der Waals surface area contributed by atoms with Gasteiger partial charge in [0.25, 0.3) is 11.4 Å². The standard InChI is InChI=1S/C8H6N2O5/c11-5-4-6-7(9(12)13)2-1-3-8(6)10(14)15/h1-3,5H,4H2. The summed E-state index contributed by atoms with van der Waals surface area (Å²) in [5, 5.41) is 21.1. The maximum Gasteiger partial charge on any atom is 0.279 e. The van der Waals surface area contributed by atoms with E-state index in [0.717, 1.165) is 12.1 Å². The Morgan fingerprint density at radius 1 is 1.13 bits per heavy atom. The summed E-state index contributed by atoms with van der Waals surface area (Å²) in [7, 11) is 0. The van der Waals surface area contributed by atoms with Gasteiger partial charge in [-0.2, -0.15) is 0 Å². The van der Waals surface area contributed by atoms with Crippen molar-refractivity contribution in [2.75, 3.05) is 0 Å². The average molecular weight is 210 g/mol. The van der Waals surface area contributed by atoms with Gasteiger partial charge in [0.2, 0.25) is 0 Å². The van der Waals surface area contributed by atoms with Crippen LogP contribution in [0.5, 0.6) is 0 Å². The summed E-state index contributed by atoms with van der Waals surface area (Å²) in [4.78, 5) is 29.9. The summed E-state index contributed by atoms with van der Waals surface area (Å²) >= 11 is 0. The van der Waals surface area contributed by atoms with E-state index in [1.165, 1.54) is 6.07 Å². The molecule has 0 unspecified atom stereocenters. The highest BCUT2D eigenvalue weighted by molar-refractivity contribution is 5.65. The zero-order chi connectivity index (χ0) is 11.4. The second-order valence-corrected chi connectivity index (χ2v) is 2.66. The van der Waals surface area contributed by atoms with Crippen LogP contribution in [0.15, 0.2) is 18.2 Å². The molecule has 0 fully saturated rings. The Morgan fingerprint density at radius 2 is 1.60 bits per heavy atom. The van der Waals surface area contributed by atoms with Crippen molar-refractivity contribution >= 4 is 17.7 Å². The van der Waals surface area contributed by atoms with Gasteiger partial charge in [-0.1, -0.05) is 0 Å². The number of rotatable bonds is 4. The van der Waals surface area contributed by atoms with Gasteiger partial charge in [0, 0.05) is 18.6 Å². The van der Waals surface area contributed by atoms with Crippen LogP contribution >= 0.6 is 0 Å². The SMILES string of the molecule is O=CCc1c([N+](=O)[O-])cccc1[N+](=O)[O-]. The van der Waals surface area contributed by atoms with Gasteiger partial charge in [-0.05, 0) is 6.07 Å². The predicted octanol–water partition coefficient (Wildman–Crippen LogP) is 1.24. The monoisotopic (exact) mass is 210 g/mol. The molecular weight excluding hydrogens is 204 g/mol. The van der Waals surface area contributed by atoms with Crippen molar-refractivity contribution in [2.45, 2.75) is 6.42 Å². The Bertz CT molecular complexity index is 397. The molecule has 15 heavy (non-hydrogen) atoms. The number of nitro groups is 2. The maximum absolute atomic E-state index is 10.5. The third-order valence-corrected chi connectivity index (χ3v) is 1.81. The summed E-state index contributed by atoms with van der Waals surface area (Å²) < 4.78 is 0. The lowest BCUT2D eigenvalue weighted by Crippen LogP contribution is -2.01. The second kappa shape index (κ2) is 4.27. The summed E-state index contributed by atoms with van der Waals surface area (Å²) in [6.45, 7) is 0. The van der Waals surface area contributed by atoms with Crippen LogP contribution in [-0.4, -0.2) is 16.1 Å². The van der Waals surface area contributed by atoms with Crippen LogP contribution in [0.25, 0.3) is 0 Å². The molecule has 7 heteroatoms. The van der Waals surface area contributed by atoms with Crippen molar-refractivity contribution in [3.63, 3.8) is 0 Å². The molecule has 0 atom stereocenters. The Morgan fingerprint density at radius 3 is 1.93 bits per heavy atom. The topological polar surface area (TPSA) is 103 Å². The van der Waals surface area contributed by atoms with Crippen molar-refractivity contribution in [2.24, 2.45) is 0 Å². The minimum absolute atomic E-state index is 0.164. The van der Waals surface area contributed by atoms with E-state index < -0.39 is 21.2 Å². The van der Waals surface area contributed by atoms with Crippen molar-refractivity contribution in [1.29, 1.82) is 0 Å². The van der Waals surface area contributed by atoms with Crippen LogP contribution in [-0.2, 0) is 11.2 Å².